The maximum absolute atomic E-state index is 10.4. The minimum atomic E-state index is -0.456. The van der Waals surface area contributed by atoms with Crippen molar-refractivity contribution in [2.75, 3.05) is 0 Å². The molecule has 2 atom stereocenters. The normalized spacial score (nSPS) is 21.2. The Labute approximate surface area is 120 Å². The molecule has 1 heterocycles. The van der Waals surface area contributed by atoms with Crippen LogP contribution in [0.4, 0.5) is 0 Å². The Balaban J connectivity index is 2.01. The molecule has 2 heteroatoms. The lowest BCUT2D eigenvalue weighted by molar-refractivity contribution is 0.0651. The van der Waals surface area contributed by atoms with Crippen LogP contribution >= 0.6 is 0 Å². The Bertz CT molecular complexity index is 626. The Morgan fingerprint density at radius 1 is 1.05 bits per heavy atom. The summed E-state index contributed by atoms with van der Waals surface area (Å²) < 4.78 is 6.15. The summed E-state index contributed by atoms with van der Waals surface area (Å²) in [4.78, 5) is 0. The number of aliphatic hydroxyl groups is 1. The van der Waals surface area contributed by atoms with Crippen molar-refractivity contribution < 1.29 is 9.84 Å². The summed E-state index contributed by atoms with van der Waals surface area (Å²) in [6.07, 6.45) is 0.0892. The second-order valence-electron chi connectivity index (χ2n) is 5.70. The molecule has 1 aliphatic rings. The van der Waals surface area contributed by atoms with Crippen LogP contribution in [0.15, 0.2) is 36.4 Å². The van der Waals surface area contributed by atoms with E-state index in [4.69, 9.17) is 4.74 Å². The minimum Gasteiger partial charge on any atom is -0.485 e. The van der Waals surface area contributed by atoms with Gasteiger partial charge in [0.15, 0.2) is 0 Å². The molecular weight excluding hydrogens is 248 g/mol. The van der Waals surface area contributed by atoms with Gasteiger partial charge in [-0.05, 0) is 49.6 Å². The summed E-state index contributed by atoms with van der Waals surface area (Å²) in [5.74, 6) is 0.807. The summed E-state index contributed by atoms with van der Waals surface area (Å²) in [7, 11) is 0. The van der Waals surface area contributed by atoms with Crippen molar-refractivity contribution in [1.29, 1.82) is 0 Å². The largest absolute Gasteiger partial charge is 0.485 e. The van der Waals surface area contributed by atoms with Crippen molar-refractivity contribution in [1.82, 2.24) is 0 Å². The molecule has 2 aromatic carbocycles. The van der Waals surface area contributed by atoms with Gasteiger partial charge in [-0.2, -0.15) is 0 Å². The molecule has 1 aliphatic heterocycles. The lowest BCUT2D eigenvalue weighted by Crippen LogP contribution is -2.20. The van der Waals surface area contributed by atoms with E-state index in [1.807, 2.05) is 25.1 Å². The van der Waals surface area contributed by atoms with E-state index in [-0.39, 0.29) is 6.10 Å². The average Bonchev–Trinajstić information content (AvgIpc) is 2.39. The third-order valence-corrected chi connectivity index (χ3v) is 4.09. The van der Waals surface area contributed by atoms with Gasteiger partial charge in [0.1, 0.15) is 11.9 Å². The first kappa shape index (κ1) is 13.2. The van der Waals surface area contributed by atoms with Gasteiger partial charge in [-0.3, -0.25) is 0 Å². The fourth-order valence-electron chi connectivity index (χ4n) is 3.08. The number of hydrogen-bond acceptors (Lipinski definition) is 2. The van der Waals surface area contributed by atoms with E-state index in [1.165, 1.54) is 16.7 Å². The van der Waals surface area contributed by atoms with E-state index in [1.54, 1.807) is 0 Å². The van der Waals surface area contributed by atoms with Crippen LogP contribution in [-0.4, -0.2) is 5.11 Å². The second kappa shape index (κ2) is 4.95. The van der Waals surface area contributed by atoms with E-state index in [0.29, 0.717) is 6.42 Å². The Morgan fingerprint density at radius 2 is 1.75 bits per heavy atom. The summed E-state index contributed by atoms with van der Waals surface area (Å²) in [5, 5.41) is 10.4. The van der Waals surface area contributed by atoms with Crippen LogP contribution in [0.1, 0.15) is 46.4 Å². The van der Waals surface area contributed by atoms with Gasteiger partial charge in [0.2, 0.25) is 0 Å². The SMILES string of the molecule is Cc1ccc2c(c1)[C@H](O)CC(c1c(C)cccc1C)O2. The van der Waals surface area contributed by atoms with Crippen LogP contribution in [0.3, 0.4) is 0 Å². The predicted octanol–water partition coefficient (Wildman–Crippen LogP) is 4.17. The summed E-state index contributed by atoms with van der Waals surface area (Å²) in [6.45, 7) is 6.23. The highest BCUT2D eigenvalue weighted by Crippen LogP contribution is 2.42. The third kappa shape index (κ3) is 2.20. The third-order valence-electron chi connectivity index (χ3n) is 4.09. The first-order chi connectivity index (χ1) is 9.56. The average molecular weight is 268 g/mol. The fraction of sp³-hybridized carbons (Fsp3) is 0.333. The van der Waals surface area contributed by atoms with Crippen LogP contribution in [0, 0.1) is 20.8 Å². The van der Waals surface area contributed by atoms with E-state index in [9.17, 15) is 5.11 Å². The lowest BCUT2D eigenvalue weighted by atomic mass is 9.90. The summed E-state index contributed by atoms with van der Waals surface area (Å²) >= 11 is 0. The number of ether oxygens (including phenoxy) is 1. The van der Waals surface area contributed by atoms with Crippen molar-refractivity contribution >= 4 is 0 Å². The quantitative estimate of drug-likeness (QED) is 0.841. The van der Waals surface area contributed by atoms with Gasteiger partial charge in [-0.1, -0.05) is 29.8 Å². The maximum atomic E-state index is 10.4. The molecule has 0 saturated carbocycles. The molecule has 1 unspecified atom stereocenters. The number of benzene rings is 2. The van der Waals surface area contributed by atoms with Gasteiger partial charge in [0.25, 0.3) is 0 Å². The molecule has 0 fully saturated rings. The topological polar surface area (TPSA) is 29.5 Å². The van der Waals surface area contributed by atoms with Crippen LogP contribution < -0.4 is 4.74 Å². The van der Waals surface area contributed by atoms with Gasteiger partial charge in [0, 0.05) is 12.0 Å². The van der Waals surface area contributed by atoms with Gasteiger partial charge >= 0.3 is 0 Å². The zero-order chi connectivity index (χ0) is 14.3. The molecule has 2 aromatic rings. The van der Waals surface area contributed by atoms with Crippen molar-refractivity contribution in [2.24, 2.45) is 0 Å². The highest BCUT2D eigenvalue weighted by Gasteiger charge is 2.29. The molecule has 0 spiro atoms. The summed E-state index contributed by atoms with van der Waals surface area (Å²) in [6, 6.07) is 12.3. The standard InChI is InChI=1S/C18H20O2/c1-11-7-8-16-14(9-11)15(19)10-17(20-16)18-12(2)5-4-6-13(18)3/h4-9,15,17,19H,10H2,1-3H3/t15-,17?/m1/s1. The Kier molecular flexibility index (Phi) is 3.27. The van der Waals surface area contributed by atoms with Crippen LogP contribution in [0.5, 0.6) is 5.75 Å². The maximum Gasteiger partial charge on any atom is 0.127 e. The number of aliphatic hydroxyl groups excluding tert-OH is 1. The molecule has 0 aromatic heterocycles. The van der Waals surface area contributed by atoms with Crippen LogP contribution in [-0.2, 0) is 0 Å². The minimum absolute atomic E-state index is 0.0681. The molecular formula is C18H20O2. The van der Waals surface area contributed by atoms with Gasteiger partial charge < -0.3 is 9.84 Å². The van der Waals surface area contributed by atoms with Crippen molar-refractivity contribution in [3.05, 3.63) is 64.2 Å². The zero-order valence-electron chi connectivity index (χ0n) is 12.2. The van der Waals surface area contributed by atoms with E-state index in [2.05, 4.69) is 32.0 Å². The molecule has 0 radical (unpaired) electrons. The number of hydrogen-bond donors (Lipinski definition) is 1. The van der Waals surface area contributed by atoms with Crippen LogP contribution in [0.25, 0.3) is 0 Å². The number of rotatable bonds is 1. The van der Waals surface area contributed by atoms with E-state index < -0.39 is 6.10 Å². The molecule has 0 saturated heterocycles. The van der Waals surface area contributed by atoms with Gasteiger partial charge in [-0.15, -0.1) is 0 Å². The summed E-state index contributed by atoms with van der Waals surface area (Å²) in [5.41, 5.74) is 5.71. The fourth-order valence-corrected chi connectivity index (χ4v) is 3.08. The first-order valence-electron chi connectivity index (χ1n) is 7.07. The number of fused-ring (bicyclic) bond motifs is 1. The van der Waals surface area contributed by atoms with E-state index >= 15 is 0 Å². The van der Waals surface area contributed by atoms with Crippen molar-refractivity contribution in [3.8, 4) is 5.75 Å². The van der Waals surface area contributed by atoms with Crippen molar-refractivity contribution in [2.45, 2.75) is 39.4 Å². The first-order valence-corrected chi connectivity index (χ1v) is 7.07. The molecule has 3 rings (SSSR count). The second-order valence-corrected chi connectivity index (χ2v) is 5.70. The molecule has 0 bridgehead atoms. The molecule has 2 nitrogen and oxygen atoms in total. The van der Waals surface area contributed by atoms with Gasteiger partial charge in [0.05, 0.1) is 6.10 Å². The Morgan fingerprint density at radius 3 is 2.45 bits per heavy atom. The van der Waals surface area contributed by atoms with Crippen LogP contribution in [0.2, 0.25) is 0 Å². The zero-order valence-corrected chi connectivity index (χ0v) is 12.2. The lowest BCUT2D eigenvalue weighted by Gasteiger charge is -2.31. The Hall–Kier alpha value is -1.80. The highest BCUT2D eigenvalue weighted by atomic mass is 16.5. The van der Waals surface area contributed by atoms with Gasteiger partial charge in [-0.25, -0.2) is 0 Å². The molecule has 1 N–H and O–H groups in total. The molecule has 20 heavy (non-hydrogen) atoms. The molecule has 0 amide bonds. The number of aryl methyl sites for hydroxylation is 3. The van der Waals surface area contributed by atoms with Crippen molar-refractivity contribution in [3.63, 3.8) is 0 Å². The molecule has 0 aliphatic carbocycles. The molecule has 104 valence electrons. The van der Waals surface area contributed by atoms with E-state index in [0.717, 1.165) is 16.9 Å². The smallest absolute Gasteiger partial charge is 0.127 e. The highest BCUT2D eigenvalue weighted by molar-refractivity contribution is 5.43. The monoisotopic (exact) mass is 268 g/mol. The predicted molar refractivity (Wildman–Crippen MR) is 80.0 cm³/mol.